The van der Waals surface area contributed by atoms with Gasteiger partial charge in [0.25, 0.3) is 0 Å². The van der Waals surface area contributed by atoms with Crippen molar-refractivity contribution in [2.75, 3.05) is 0 Å². The van der Waals surface area contributed by atoms with Gasteiger partial charge in [0.2, 0.25) is 0 Å². The van der Waals surface area contributed by atoms with Crippen molar-refractivity contribution >= 4 is 24.3 Å². The Morgan fingerprint density at radius 3 is 1.66 bits per heavy atom. The average molecular weight is 462 g/mol. The second-order valence-electron chi connectivity index (χ2n) is 6.76. The molecule has 0 saturated carbocycles. The fourth-order valence-electron chi connectivity index (χ4n) is 2.86. The molecule has 0 bridgehead atoms. The van der Waals surface area contributed by atoms with Gasteiger partial charge in [0.1, 0.15) is 17.3 Å². The molecule has 4 rings (SSSR count). The van der Waals surface area contributed by atoms with Gasteiger partial charge in [-0.05, 0) is 54.1 Å². The molecule has 0 spiro atoms. The first-order chi connectivity index (χ1) is 15.6. The summed E-state index contributed by atoms with van der Waals surface area (Å²) < 4.78 is 39.3. The molecule has 4 aromatic carbocycles. The van der Waals surface area contributed by atoms with Crippen LogP contribution in [0.5, 0.6) is 11.5 Å². The quantitative estimate of drug-likeness (QED) is 0.195. The molecule has 0 aliphatic rings. The maximum absolute atomic E-state index is 14.0. The molecule has 0 amide bonds. The molecule has 0 unspecified atom stereocenters. The van der Waals surface area contributed by atoms with Crippen molar-refractivity contribution in [3.8, 4) is 11.5 Å². The molecule has 0 aromatic heterocycles. The lowest BCUT2D eigenvalue weighted by atomic mass is 10.2. The van der Waals surface area contributed by atoms with E-state index in [9.17, 15) is 8.96 Å². The zero-order valence-electron chi connectivity index (χ0n) is 17.0. The summed E-state index contributed by atoms with van der Waals surface area (Å²) in [6.07, 6.45) is 0. The van der Waals surface area contributed by atoms with Gasteiger partial charge in [-0.2, -0.15) is 0 Å². The molecule has 0 saturated heterocycles. The maximum atomic E-state index is 14.0. The minimum absolute atomic E-state index is 0.345. The van der Waals surface area contributed by atoms with Gasteiger partial charge in [-0.15, -0.1) is 0 Å². The Balaban J connectivity index is 1.77. The topological polar surface area (TPSA) is 35.5 Å². The van der Waals surface area contributed by atoms with E-state index in [1.807, 2.05) is 42.5 Å². The monoisotopic (exact) mass is 462 g/mol. The first-order valence-electron chi connectivity index (χ1n) is 9.90. The number of hydrogen-bond donors (Lipinski definition) is 0. The summed E-state index contributed by atoms with van der Waals surface area (Å²) in [7, 11) is -3.81. The molecule has 0 fully saturated rings. The van der Waals surface area contributed by atoms with Crippen molar-refractivity contribution in [2.24, 2.45) is 0 Å². The van der Waals surface area contributed by atoms with Gasteiger partial charge in [0.15, 0.2) is 0 Å². The zero-order valence-corrected chi connectivity index (χ0v) is 18.7. The van der Waals surface area contributed by atoms with Gasteiger partial charge in [-0.3, -0.25) is 0 Å². The third-order valence-electron chi connectivity index (χ3n) is 4.33. The highest BCUT2D eigenvalue weighted by atomic mass is 32.2. The molecule has 0 aliphatic carbocycles. The molecule has 0 heterocycles. The molecular formula is C26H20FO3PS. The molecule has 160 valence electrons. The molecule has 0 N–H and O–H groups in total. The third-order valence-corrected chi connectivity index (χ3v) is 7.09. The number of halogens is 1. The summed E-state index contributed by atoms with van der Waals surface area (Å²) in [6.45, 7) is 0. The largest absolute Gasteiger partial charge is 0.456 e. The van der Waals surface area contributed by atoms with Crippen molar-refractivity contribution in [1.82, 2.24) is 0 Å². The number of hydrogen-bond acceptors (Lipinski definition) is 4. The summed E-state index contributed by atoms with van der Waals surface area (Å²) in [5.41, 5.74) is 0.703. The van der Waals surface area contributed by atoms with E-state index in [1.54, 1.807) is 60.7 Å². The van der Waals surface area contributed by atoms with Gasteiger partial charge in [-0.25, -0.2) is 8.96 Å². The second-order valence-corrected chi connectivity index (χ2v) is 9.58. The highest BCUT2D eigenvalue weighted by molar-refractivity contribution is 8.08. The lowest BCUT2D eigenvalue weighted by Gasteiger charge is -2.19. The van der Waals surface area contributed by atoms with Gasteiger partial charge >= 0.3 is 7.60 Å². The van der Waals surface area contributed by atoms with Gasteiger partial charge in [-0.1, -0.05) is 78.5 Å². The van der Waals surface area contributed by atoms with Crippen molar-refractivity contribution in [3.05, 3.63) is 132 Å². The van der Waals surface area contributed by atoms with Crippen molar-refractivity contribution < 1.29 is 18.0 Å². The van der Waals surface area contributed by atoms with Crippen LogP contribution >= 0.6 is 19.4 Å². The lowest BCUT2D eigenvalue weighted by molar-refractivity contribution is 0.398. The highest BCUT2D eigenvalue weighted by Crippen LogP contribution is 2.53. The van der Waals surface area contributed by atoms with E-state index in [2.05, 4.69) is 0 Å². The molecule has 32 heavy (non-hydrogen) atoms. The third kappa shape index (κ3) is 6.13. The van der Waals surface area contributed by atoms with Crippen molar-refractivity contribution in [3.63, 3.8) is 0 Å². The van der Waals surface area contributed by atoms with Gasteiger partial charge in [0, 0.05) is 9.80 Å². The molecule has 0 radical (unpaired) electrons. The number of para-hydroxylation sites is 2. The van der Waals surface area contributed by atoms with E-state index < -0.39 is 7.60 Å². The van der Waals surface area contributed by atoms with Crippen LogP contribution in [0.15, 0.2) is 126 Å². The van der Waals surface area contributed by atoms with E-state index in [-0.39, 0.29) is 5.82 Å². The second kappa shape index (κ2) is 10.4. The van der Waals surface area contributed by atoms with Gasteiger partial charge < -0.3 is 9.05 Å². The molecular weight excluding hydrogens is 442 g/mol. The van der Waals surface area contributed by atoms with E-state index in [1.165, 1.54) is 29.7 Å². The van der Waals surface area contributed by atoms with Crippen LogP contribution in [0.1, 0.15) is 5.56 Å². The summed E-state index contributed by atoms with van der Waals surface area (Å²) in [5, 5.41) is 0. The number of benzene rings is 4. The summed E-state index contributed by atoms with van der Waals surface area (Å²) in [6, 6.07) is 33.5. The predicted octanol–water partition coefficient (Wildman–Crippen LogP) is 8.27. The Bertz CT molecular complexity index is 1170. The number of thioether (sulfide) groups is 1. The minimum atomic E-state index is -3.81. The molecule has 6 heteroatoms. The van der Waals surface area contributed by atoms with Crippen LogP contribution in [0.25, 0.3) is 4.91 Å². The standard InChI is InChI=1S/C26H20FO3PS/c27-22-18-16-21(17-19-22)26(32-25-14-8-3-9-15-25)20-31(28,29-23-10-4-1-5-11-23)30-24-12-6-2-7-13-24/h1-20H/b26-20+. The fourth-order valence-corrected chi connectivity index (χ4v) is 5.67. The van der Waals surface area contributed by atoms with E-state index >= 15 is 0 Å². The SMILES string of the molecule is O=P(/C=C(/Sc1ccccc1)c1ccc(F)cc1)(Oc1ccccc1)Oc1ccccc1. The summed E-state index contributed by atoms with van der Waals surface area (Å²) in [5.74, 6) is 2.00. The Kier molecular flexibility index (Phi) is 7.10. The van der Waals surface area contributed by atoms with Crippen LogP contribution in [0, 0.1) is 5.82 Å². The minimum Gasteiger partial charge on any atom is -0.413 e. The summed E-state index contributed by atoms with van der Waals surface area (Å²) in [4.78, 5) is 1.57. The highest BCUT2D eigenvalue weighted by Gasteiger charge is 2.27. The Morgan fingerprint density at radius 2 is 1.16 bits per heavy atom. The van der Waals surface area contributed by atoms with Crippen molar-refractivity contribution in [2.45, 2.75) is 4.90 Å². The van der Waals surface area contributed by atoms with E-state index in [0.717, 1.165) is 4.90 Å². The van der Waals surface area contributed by atoms with Gasteiger partial charge in [0.05, 0.1) is 5.82 Å². The zero-order chi connectivity index (χ0) is 22.2. The van der Waals surface area contributed by atoms with Crippen LogP contribution < -0.4 is 9.05 Å². The summed E-state index contributed by atoms with van der Waals surface area (Å²) >= 11 is 1.40. The Labute approximate surface area is 191 Å². The van der Waals surface area contributed by atoms with Crippen LogP contribution in [-0.2, 0) is 4.57 Å². The Morgan fingerprint density at radius 1 is 0.688 bits per heavy atom. The smallest absolute Gasteiger partial charge is 0.413 e. The lowest BCUT2D eigenvalue weighted by Crippen LogP contribution is -1.99. The van der Waals surface area contributed by atoms with E-state index in [0.29, 0.717) is 22.0 Å². The van der Waals surface area contributed by atoms with E-state index in [4.69, 9.17) is 9.05 Å². The molecule has 4 aromatic rings. The van der Waals surface area contributed by atoms with Crippen molar-refractivity contribution in [1.29, 1.82) is 0 Å². The van der Waals surface area contributed by atoms with Crippen LogP contribution in [0.2, 0.25) is 0 Å². The first-order valence-corrected chi connectivity index (χ1v) is 12.3. The average Bonchev–Trinajstić information content (AvgIpc) is 2.81. The predicted molar refractivity (Wildman–Crippen MR) is 128 cm³/mol. The van der Waals surface area contributed by atoms with Crippen LogP contribution in [0.3, 0.4) is 0 Å². The molecule has 0 atom stereocenters. The normalized spacial score (nSPS) is 11.7. The first kappa shape index (κ1) is 21.9. The van der Waals surface area contributed by atoms with Crippen LogP contribution in [-0.4, -0.2) is 0 Å². The Hall–Kier alpha value is -3.27. The fraction of sp³-hybridized carbons (Fsp3) is 0. The molecule has 0 aliphatic heterocycles. The maximum Gasteiger partial charge on any atom is 0.456 e. The number of rotatable bonds is 8. The van der Waals surface area contributed by atoms with Crippen LogP contribution in [0.4, 0.5) is 4.39 Å². The molecule has 3 nitrogen and oxygen atoms in total.